The lowest BCUT2D eigenvalue weighted by molar-refractivity contribution is -0.114. The number of benzene rings is 3. The lowest BCUT2D eigenvalue weighted by Gasteiger charge is -2.13. The number of carbonyl (C=O) groups is 2. The highest BCUT2D eigenvalue weighted by molar-refractivity contribution is 6.00. The molecular formula is C23H21F2N3O2. The van der Waals surface area contributed by atoms with Gasteiger partial charge in [0.25, 0.3) is 5.91 Å². The molecule has 2 amide bonds. The number of hydrogen-bond acceptors (Lipinski definition) is 3. The molecule has 0 aliphatic rings. The summed E-state index contributed by atoms with van der Waals surface area (Å²) in [6.07, 6.45) is 0. The first-order valence-electron chi connectivity index (χ1n) is 9.34. The van der Waals surface area contributed by atoms with Crippen LogP contribution in [0.3, 0.4) is 0 Å². The summed E-state index contributed by atoms with van der Waals surface area (Å²) < 4.78 is 26.6. The van der Waals surface area contributed by atoms with Crippen LogP contribution in [-0.4, -0.2) is 18.4 Å². The fourth-order valence-corrected chi connectivity index (χ4v) is 2.78. The smallest absolute Gasteiger partial charge is 0.253 e. The van der Waals surface area contributed by atoms with E-state index in [9.17, 15) is 18.4 Å². The van der Waals surface area contributed by atoms with Crippen molar-refractivity contribution in [2.45, 2.75) is 13.5 Å². The minimum atomic E-state index is -0.862. The van der Waals surface area contributed by atoms with E-state index in [-0.39, 0.29) is 18.1 Å². The van der Waals surface area contributed by atoms with E-state index in [0.717, 1.165) is 23.3 Å². The molecule has 0 bridgehead atoms. The van der Waals surface area contributed by atoms with E-state index in [1.54, 1.807) is 24.3 Å². The van der Waals surface area contributed by atoms with Crippen molar-refractivity contribution in [1.82, 2.24) is 5.32 Å². The Balaban J connectivity index is 1.59. The molecule has 154 valence electrons. The van der Waals surface area contributed by atoms with Crippen molar-refractivity contribution >= 4 is 23.2 Å². The van der Waals surface area contributed by atoms with E-state index in [1.165, 1.54) is 0 Å². The molecule has 0 aromatic heterocycles. The Morgan fingerprint density at radius 1 is 0.900 bits per heavy atom. The number of hydrogen-bond donors (Lipinski definition) is 3. The molecule has 0 saturated carbocycles. The molecule has 0 fully saturated rings. The van der Waals surface area contributed by atoms with Gasteiger partial charge in [0, 0.05) is 18.3 Å². The van der Waals surface area contributed by atoms with Crippen LogP contribution in [0.5, 0.6) is 0 Å². The molecule has 3 aromatic carbocycles. The Morgan fingerprint density at radius 2 is 1.63 bits per heavy atom. The molecule has 0 atom stereocenters. The standard InChI is InChI=1S/C23H21F2N3O2/c1-15-6-8-16(9-7-15)13-27-23(30)18-4-2-3-5-20(18)26-14-22(29)28-21-11-10-17(24)12-19(21)25/h2-12,26H,13-14H2,1H3,(H,27,30)(H,28,29). The normalized spacial score (nSPS) is 10.4. The van der Waals surface area contributed by atoms with E-state index >= 15 is 0 Å². The Bertz CT molecular complexity index is 1050. The largest absolute Gasteiger partial charge is 0.376 e. The van der Waals surface area contributed by atoms with Crippen molar-refractivity contribution in [2.24, 2.45) is 0 Å². The van der Waals surface area contributed by atoms with Gasteiger partial charge in [-0.2, -0.15) is 0 Å². The second-order valence-electron chi connectivity index (χ2n) is 6.74. The van der Waals surface area contributed by atoms with Gasteiger partial charge < -0.3 is 16.0 Å². The van der Waals surface area contributed by atoms with Crippen LogP contribution >= 0.6 is 0 Å². The average molecular weight is 409 g/mol. The summed E-state index contributed by atoms with van der Waals surface area (Å²) in [5.41, 5.74) is 2.84. The molecule has 0 unspecified atom stereocenters. The van der Waals surface area contributed by atoms with Crippen LogP contribution in [0.1, 0.15) is 21.5 Å². The summed E-state index contributed by atoms with van der Waals surface area (Å²) in [4.78, 5) is 24.7. The second-order valence-corrected chi connectivity index (χ2v) is 6.74. The molecule has 0 radical (unpaired) electrons. The van der Waals surface area contributed by atoms with E-state index in [4.69, 9.17) is 0 Å². The van der Waals surface area contributed by atoms with Crippen LogP contribution < -0.4 is 16.0 Å². The molecule has 0 aliphatic heterocycles. The van der Waals surface area contributed by atoms with E-state index in [1.807, 2.05) is 31.2 Å². The van der Waals surface area contributed by atoms with Gasteiger partial charge in [0.1, 0.15) is 11.6 Å². The summed E-state index contributed by atoms with van der Waals surface area (Å²) in [5.74, 6) is -2.41. The molecule has 5 nitrogen and oxygen atoms in total. The van der Waals surface area contributed by atoms with Gasteiger partial charge in [0.05, 0.1) is 17.8 Å². The van der Waals surface area contributed by atoms with E-state index in [0.29, 0.717) is 23.9 Å². The number of carbonyl (C=O) groups excluding carboxylic acids is 2. The predicted octanol–water partition coefficient (Wildman–Crippen LogP) is 4.25. The summed E-state index contributed by atoms with van der Waals surface area (Å²) in [5, 5.41) is 8.10. The Hall–Kier alpha value is -3.74. The van der Waals surface area contributed by atoms with Crippen molar-refractivity contribution in [1.29, 1.82) is 0 Å². The van der Waals surface area contributed by atoms with E-state index < -0.39 is 17.5 Å². The molecule has 0 saturated heterocycles. The molecule has 3 N–H and O–H groups in total. The van der Waals surface area contributed by atoms with Crippen molar-refractivity contribution < 1.29 is 18.4 Å². The third-order valence-corrected chi connectivity index (χ3v) is 4.39. The van der Waals surface area contributed by atoms with Crippen molar-refractivity contribution in [3.05, 3.63) is 95.1 Å². The minimum Gasteiger partial charge on any atom is -0.376 e. The van der Waals surface area contributed by atoms with E-state index in [2.05, 4.69) is 16.0 Å². The number of amides is 2. The molecule has 0 aliphatic carbocycles. The van der Waals surface area contributed by atoms with Gasteiger partial charge in [-0.3, -0.25) is 9.59 Å². The maximum absolute atomic E-state index is 13.7. The minimum absolute atomic E-state index is 0.118. The fraction of sp³-hybridized carbons (Fsp3) is 0.130. The maximum atomic E-state index is 13.7. The Labute approximate surface area is 173 Å². The zero-order chi connectivity index (χ0) is 21.5. The highest BCUT2D eigenvalue weighted by Gasteiger charge is 2.13. The van der Waals surface area contributed by atoms with Crippen LogP contribution in [0.15, 0.2) is 66.7 Å². The lowest BCUT2D eigenvalue weighted by Crippen LogP contribution is -2.26. The van der Waals surface area contributed by atoms with Gasteiger partial charge in [-0.1, -0.05) is 42.0 Å². The van der Waals surface area contributed by atoms with Crippen molar-refractivity contribution in [2.75, 3.05) is 17.2 Å². The topological polar surface area (TPSA) is 70.2 Å². The molecule has 0 heterocycles. The Morgan fingerprint density at radius 3 is 2.37 bits per heavy atom. The highest BCUT2D eigenvalue weighted by Crippen LogP contribution is 2.17. The third-order valence-electron chi connectivity index (χ3n) is 4.39. The van der Waals surface area contributed by atoms with Gasteiger partial charge in [-0.25, -0.2) is 8.78 Å². The monoisotopic (exact) mass is 409 g/mol. The van der Waals surface area contributed by atoms with Crippen LogP contribution in [0.2, 0.25) is 0 Å². The van der Waals surface area contributed by atoms with Gasteiger partial charge in [0.15, 0.2) is 0 Å². The first-order valence-corrected chi connectivity index (χ1v) is 9.34. The van der Waals surface area contributed by atoms with Crippen molar-refractivity contribution in [3.63, 3.8) is 0 Å². The lowest BCUT2D eigenvalue weighted by atomic mass is 10.1. The van der Waals surface area contributed by atoms with Gasteiger partial charge in [0.2, 0.25) is 5.91 Å². The highest BCUT2D eigenvalue weighted by atomic mass is 19.1. The zero-order valence-corrected chi connectivity index (χ0v) is 16.3. The molecule has 30 heavy (non-hydrogen) atoms. The van der Waals surface area contributed by atoms with Gasteiger partial charge >= 0.3 is 0 Å². The van der Waals surface area contributed by atoms with Gasteiger partial charge in [-0.05, 0) is 36.8 Å². The number of nitrogens with one attached hydrogen (secondary N) is 3. The first-order chi connectivity index (χ1) is 14.4. The van der Waals surface area contributed by atoms with Gasteiger partial charge in [-0.15, -0.1) is 0 Å². The average Bonchev–Trinajstić information content (AvgIpc) is 2.74. The number of anilines is 2. The molecule has 3 rings (SSSR count). The molecular weight excluding hydrogens is 388 g/mol. The van der Waals surface area contributed by atoms with Crippen molar-refractivity contribution in [3.8, 4) is 0 Å². The Kier molecular flexibility index (Phi) is 6.75. The third kappa shape index (κ3) is 5.64. The fourth-order valence-electron chi connectivity index (χ4n) is 2.78. The van der Waals surface area contributed by atoms with Crippen LogP contribution in [0.25, 0.3) is 0 Å². The summed E-state index contributed by atoms with van der Waals surface area (Å²) in [7, 11) is 0. The summed E-state index contributed by atoms with van der Waals surface area (Å²) >= 11 is 0. The molecule has 7 heteroatoms. The predicted molar refractivity (Wildman–Crippen MR) is 112 cm³/mol. The summed E-state index contributed by atoms with van der Waals surface area (Å²) in [6.45, 7) is 2.17. The van der Waals surface area contributed by atoms with Crippen LogP contribution in [-0.2, 0) is 11.3 Å². The second kappa shape index (κ2) is 9.65. The summed E-state index contributed by atoms with van der Waals surface area (Å²) in [6, 6.07) is 17.5. The van der Waals surface area contributed by atoms with Crippen LogP contribution in [0, 0.1) is 18.6 Å². The van der Waals surface area contributed by atoms with Crippen LogP contribution in [0.4, 0.5) is 20.2 Å². The number of rotatable bonds is 7. The number of halogens is 2. The SMILES string of the molecule is Cc1ccc(CNC(=O)c2ccccc2NCC(=O)Nc2ccc(F)cc2F)cc1. The quantitative estimate of drug-likeness (QED) is 0.546. The molecule has 0 spiro atoms. The first kappa shape index (κ1) is 21.0. The number of para-hydroxylation sites is 1. The maximum Gasteiger partial charge on any atom is 0.253 e. The zero-order valence-electron chi connectivity index (χ0n) is 16.3. The molecule has 3 aromatic rings. The number of aryl methyl sites for hydroxylation is 1.